The van der Waals surface area contributed by atoms with Crippen molar-refractivity contribution in [3.63, 3.8) is 0 Å². The van der Waals surface area contributed by atoms with E-state index in [0.717, 1.165) is 47.9 Å². The Balaban J connectivity index is 1.25. The Morgan fingerprint density at radius 2 is 1.64 bits per heavy atom. The number of hydrogen-bond donors (Lipinski definition) is 2. The maximum absolute atomic E-state index is 12.5. The molecule has 5 heteroatoms. The quantitative estimate of drug-likeness (QED) is 0.693. The van der Waals surface area contributed by atoms with E-state index in [1.54, 1.807) is 18.4 Å². The summed E-state index contributed by atoms with van der Waals surface area (Å²) >= 11 is 0. The standard InChI is InChI=1S/C23H22N2O3/c26-22(24-18-6-8-19(9-7-18)25-23(27)14-4-5-14)12-17-13-28-21-11-16-3-1-2-15(16)10-20(17)21/h6-11,13-14H,1-5,12H2,(H,24,26)(H,25,27). The third-order valence-electron chi connectivity index (χ3n) is 5.60. The van der Waals surface area contributed by atoms with Crippen LogP contribution in [-0.4, -0.2) is 11.8 Å². The van der Waals surface area contributed by atoms with Gasteiger partial charge in [-0.1, -0.05) is 0 Å². The molecule has 3 aromatic rings. The minimum absolute atomic E-state index is 0.0788. The van der Waals surface area contributed by atoms with E-state index in [0.29, 0.717) is 5.69 Å². The van der Waals surface area contributed by atoms with Crippen LogP contribution in [0.5, 0.6) is 0 Å². The molecular weight excluding hydrogens is 352 g/mol. The van der Waals surface area contributed by atoms with E-state index < -0.39 is 0 Å². The van der Waals surface area contributed by atoms with Crippen LogP contribution < -0.4 is 10.6 Å². The molecule has 1 heterocycles. The second-order valence-corrected chi connectivity index (χ2v) is 7.80. The molecule has 0 saturated heterocycles. The highest BCUT2D eigenvalue weighted by atomic mass is 16.3. The highest BCUT2D eigenvalue weighted by molar-refractivity contribution is 5.97. The van der Waals surface area contributed by atoms with E-state index in [1.165, 1.54) is 17.5 Å². The van der Waals surface area contributed by atoms with Gasteiger partial charge >= 0.3 is 0 Å². The number of furan rings is 1. The van der Waals surface area contributed by atoms with Crippen molar-refractivity contribution < 1.29 is 14.0 Å². The SMILES string of the molecule is O=C(Cc1coc2cc3c(cc12)CCC3)Nc1ccc(NC(=O)C2CC2)cc1. The number of rotatable bonds is 5. The highest BCUT2D eigenvalue weighted by Crippen LogP contribution is 2.31. The predicted molar refractivity (Wildman–Crippen MR) is 108 cm³/mol. The number of carbonyl (C=O) groups is 2. The zero-order valence-electron chi connectivity index (χ0n) is 15.6. The summed E-state index contributed by atoms with van der Waals surface area (Å²) in [4.78, 5) is 24.3. The van der Waals surface area contributed by atoms with Gasteiger partial charge in [0.1, 0.15) is 5.58 Å². The molecule has 28 heavy (non-hydrogen) atoms. The third kappa shape index (κ3) is 3.40. The fourth-order valence-electron chi connectivity index (χ4n) is 3.89. The van der Waals surface area contributed by atoms with Crippen LogP contribution in [-0.2, 0) is 28.9 Å². The van der Waals surface area contributed by atoms with Gasteiger partial charge in [-0.25, -0.2) is 0 Å². The van der Waals surface area contributed by atoms with Gasteiger partial charge in [0.25, 0.3) is 0 Å². The molecule has 0 spiro atoms. The van der Waals surface area contributed by atoms with Crippen molar-refractivity contribution in [2.24, 2.45) is 5.92 Å². The summed E-state index contributed by atoms with van der Waals surface area (Å²) in [5.74, 6) is 0.165. The molecule has 0 bridgehead atoms. The van der Waals surface area contributed by atoms with Gasteiger partial charge in [0.05, 0.1) is 12.7 Å². The molecule has 0 atom stereocenters. The van der Waals surface area contributed by atoms with Crippen molar-refractivity contribution in [3.05, 3.63) is 59.4 Å². The van der Waals surface area contributed by atoms with Gasteiger partial charge in [-0.3, -0.25) is 9.59 Å². The molecule has 1 fully saturated rings. The Hall–Kier alpha value is -3.08. The lowest BCUT2D eigenvalue weighted by Crippen LogP contribution is -2.15. The minimum atomic E-state index is -0.0852. The summed E-state index contributed by atoms with van der Waals surface area (Å²) in [5.41, 5.74) is 5.98. The average Bonchev–Trinajstić information content (AvgIpc) is 3.34. The van der Waals surface area contributed by atoms with E-state index in [-0.39, 0.29) is 24.2 Å². The number of fused-ring (bicyclic) bond motifs is 2. The third-order valence-corrected chi connectivity index (χ3v) is 5.60. The summed E-state index contributed by atoms with van der Waals surface area (Å²) < 4.78 is 5.68. The summed E-state index contributed by atoms with van der Waals surface area (Å²) in [6.07, 6.45) is 7.32. The van der Waals surface area contributed by atoms with Crippen LogP contribution in [0.4, 0.5) is 11.4 Å². The molecule has 5 nitrogen and oxygen atoms in total. The predicted octanol–water partition coefficient (Wildman–Crippen LogP) is 4.45. The molecule has 0 radical (unpaired) electrons. The maximum atomic E-state index is 12.5. The van der Waals surface area contributed by atoms with Crippen LogP contribution in [0, 0.1) is 5.92 Å². The topological polar surface area (TPSA) is 71.3 Å². The average molecular weight is 374 g/mol. The van der Waals surface area contributed by atoms with Crippen molar-refractivity contribution in [3.8, 4) is 0 Å². The highest BCUT2D eigenvalue weighted by Gasteiger charge is 2.29. The molecule has 2 amide bonds. The summed E-state index contributed by atoms with van der Waals surface area (Å²) in [6, 6.07) is 11.5. The largest absolute Gasteiger partial charge is 0.464 e. The van der Waals surface area contributed by atoms with Crippen molar-refractivity contribution in [1.82, 2.24) is 0 Å². The van der Waals surface area contributed by atoms with Gasteiger partial charge in [-0.2, -0.15) is 0 Å². The summed E-state index contributed by atoms with van der Waals surface area (Å²) in [6.45, 7) is 0. The van der Waals surface area contributed by atoms with Gasteiger partial charge < -0.3 is 15.1 Å². The number of aryl methyl sites for hydroxylation is 2. The minimum Gasteiger partial charge on any atom is -0.464 e. The van der Waals surface area contributed by atoms with Gasteiger partial charge in [0.15, 0.2) is 0 Å². The van der Waals surface area contributed by atoms with E-state index >= 15 is 0 Å². The first-order chi connectivity index (χ1) is 13.7. The monoisotopic (exact) mass is 374 g/mol. The molecule has 2 aromatic carbocycles. The van der Waals surface area contributed by atoms with E-state index in [2.05, 4.69) is 22.8 Å². The molecular formula is C23H22N2O3. The molecule has 2 N–H and O–H groups in total. The number of benzene rings is 2. The molecule has 142 valence electrons. The van der Waals surface area contributed by atoms with Gasteiger partial charge in [-0.05, 0) is 79.6 Å². The Labute approximate surface area is 163 Å². The number of carbonyl (C=O) groups excluding carboxylic acids is 2. The lowest BCUT2D eigenvalue weighted by Gasteiger charge is -2.07. The number of nitrogens with one attached hydrogen (secondary N) is 2. The van der Waals surface area contributed by atoms with Crippen LogP contribution in [0.2, 0.25) is 0 Å². The van der Waals surface area contributed by atoms with E-state index in [1.807, 2.05) is 12.1 Å². The van der Waals surface area contributed by atoms with Crippen LogP contribution in [0.25, 0.3) is 11.0 Å². The lowest BCUT2D eigenvalue weighted by molar-refractivity contribution is -0.117. The van der Waals surface area contributed by atoms with Crippen molar-refractivity contribution in [2.45, 2.75) is 38.5 Å². The molecule has 0 aliphatic heterocycles. The summed E-state index contributed by atoms with van der Waals surface area (Å²) in [7, 11) is 0. The Morgan fingerprint density at radius 1 is 0.964 bits per heavy atom. The van der Waals surface area contributed by atoms with Crippen molar-refractivity contribution in [1.29, 1.82) is 0 Å². The molecule has 2 aliphatic carbocycles. The number of hydrogen-bond acceptors (Lipinski definition) is 3. The molecule has 0 unspecified atom stereocenters. The fraction of sp³-hybridized carbons (Fsp3) is 0.304. The number of amides is 2. The van der Waals surface area contributed by atoms with Gasteiger partial charge in [-0.15, -0.1) is 0 Å². The fourth-order valence-corrected chi connectivity index (χ4v) is 3.89. The Bertz CT molecular complexity index is 1060. The smallest absolute Gasteiger partial charge is 0.228 e. The van der Waals surface area contributed by atoms with E-state index in [4.69, 9.17) is 4.42 Å². The normalized spacial score (nSPS) is 15.4. The molecule has 5 rings (SSSR count). The molecule has 1 saturated carbocycles. The van der Waals surface area contributed by atoms with Crippen LogP contribution in [0.15, 0.2) is 47.1 Å². The zero-order valence-corrected chi connectivity index (χ0v) is 15.6. The van der Waals surface area contributed by atoms with Gasteiger partial charge in [0.2, 0.25) is 11.8 Å². The molecule has 1 aromatic heterocycles. The van der Waals surface area contributed by atoms with Crippen molar-refractivity contribution >= 4 is 34.2 Å². The van der Waals surface area contributed by atoms with Gasteiger partial charge in [0, 0.05) is 28.2 Å². The first kappa shape index (κ1) is 17.0. The first-order valence-electron chi connectivity index (χ1n) is 9.88. The van der Waals surface area contributed by atoms with Crippen LogP contribution >= 0.6 is 0 Å². The maximum Gasteiger partial charge on any atom is 0.228 e. The Kier molecular flexibility index (Phi) is 4.15. The molecule has 2 aliphatic rings. The van der Waals surface area contributed by atoms with Crippen LogP contribution in [0.1, 0.15) is 36.0 Å². The van der Waals surface area contributed by atoms with E-state index in [9.17, 15) is 9.59 Å². The second kappa shape index (κ2) is 6.82. The summed E-state index contributed by atoms with van der Waals surface area (Å²) in [5, 5.41) is 6.85. The second-order valence-electron chi connectivity index (χ2n) is 7.80. The zero-order chi connectivity index (χ0) is 19.1. The van der Waals surface area contributed by atoms with Crippen molar-refractivity contribution in [2.75, 3.05) is 10.6 Å². The number of anilines is 2. The Morgan fingerprint density at radius 3 is 2.36 bits per heavy atom. The lowest BCUT2D eigenvalue weighted by atomic mass is 10.0. The first-order valence-corrected chi connectivity index (χ1v) is 9.88. The van der Waals surface area contributed by atoms with Crippen LogP contribution in [0.3, 0.4) is 0 Å².